The van der Waals surface area contributed by atoms with E-state index in [1.165, 1.54) is 25.7 Å². The normalized spacial score (nSPS) is 43.0. The molecule has 1 heterocycles. The SMILES string of the molecule is O=C1N[C@@H]2C3CC4CC3CC(C4)[C@@H]2C(=O)c2ccccc21. The van der Waals surface area contributed by atoms with Gasteiger partial charge in [-0.05, 0) is 55.4 Å². The van der Waals surface area contributed by atoms with Gasteiger partial charge in [-0.2, -0.15) is 0 Å². The maximum Gasteiger partial charge on any atom is 0.252 e. The molecule has 6 atom stereocenters. The van der Waals surface area contributed by atoms with Crippen LogP contribution in [0.4, 0.5) is 0 Å². The minimum atomic E-state index is -0.0452. The molecule has 3 bridgehead atoms. The molecule has 0 spiro atoms. The fourth-order valence-corrected chi connectivity index (χ4v) is 5.82. The number of Topliss-reactive ketones (excluding diaryl/α,β-unsaturated/α-hetero) is 1. The van der Waals surface area contributed by atoms with E-state index in [2.05, 4.69) is 5.32 Å². The topological polar surface area (TPSA) is 46.2 Å². The molecule has 1 aromatic carbocycles. The highest BCUT2D eigenvalue weighted by Crippen LogP contribution is 2.58. The standard InChI is InChI=1S/C18H19NO2/c20-17-12-3-1-2-4-13(12)18(21)19-16-14-7-9-5-10(14)8-11(6-9)15(16)17/h1-4,9-11,14-16H,5-8H2,(H,19,21)/t9?,10?,11?,14?,15-,16+/m0/s1. The van der Waals surface area contributed by atoms with Crippen LogP contribution in [-0.4, -0.2) is 17.7 Å². The van der Waals surface area contributed by atoms with Crippen LogP contribution in [-0.2, 0) is 0 Å². The summed E-state index contributed by atoms with van der Waals surface area (Å²) in [6.07, 6.45) is 4.93. The van der Waals surface area contributed by atoms with E-state index in [0.29, 0.717) is 23.0 Å². The number of hydrogen-bond donors (Lipinski definition) is 1. The Bertz CT molecular complexity index is 650. The number of fused-ring (bicyclic) bond motifs is 6. The van der Waals surface area contributed by atoms with Crippen LogP contribution in [0.5, 0.6) is 0 Å². The van der Waals surface area contributed by atoms with Crippen LogP contribution >= 0.6 is 0 Å². The largest absolute Gasteiger partial charge is 0.348 e. The van der Waals surface area contributed by atoms with Gasteiger partial charge in [0.2, 0.25) is 0 Å². The number of carbonyl (C=O) groups is 2. The number of rotatable bonds is 0. The lowest BCUT2D eigenvalue weighted by Crippen LogP contribution is -2.52. The second kappa shape index (κ2) is 3.96. The van der Waals surface area contributed by atoms with Crippen molar-refractivity contribution >= 4 is 11.7 Å². The fourth-order valence-electron chi connectivity index (χ4n) is 5.82. The Morgan fingerprint density at radius 3 is 2.52 bits per heavy atom. The zero-order valence-electron chi connectivity index (χ0n) is 11.9. The van der Waals surface area contributed by atoms with Crippen molar-refractivity contribution in [3.8, 4) is 0 Å². The lowest BCUT2D eigenvalue weighted by molar-refractivity contribution is 0.0502. The van der Waals surface area contributed by atoms with Crippen LogP contribution in [0, 0.1) is 29.6 Å². The third kappa shape index (κ3) is 1.49. The summed E-state index contributed by atoms with van der Waals surface area (Å²) in [5.74, 6) is 2.73. The predicted octanol–water partition coefficient (Wildman–Crippen LogP) is 2.66. The molecule has 4 aliphatic rings. The average molecular weight is 281 g/mol. The summed E-state index contributed by atoms with van der Waals surface area (Å²) < 4.78 is 0. The molecule has 1 aliphatic heterocycles. The van der Waals surface area contributed by atoms with Gasteiger partial charge >= 0.3 is 0 Å². The molecule has 21 heavy (non-hydrogen) atoms. The summed E-state index contributed by atoms with van der Waals surface area (Å²) >= 11 is 0. The first-order valence-corrected chi connectivity index (χ1v) is 8.16. The quantitative estimate of drug-likeness (QED) is 0.794. The minimum absolute atomic E-state index is 0.0177. The number of carbonyl (C=O) groups excluding carboxylic acids is 2. The van der Waals surface area contributed by atoms with Crippen LogP contribution < -0.4 is 5.32 Å². The van der Waals surface area contributed by atoms with E-state index >= 15 is 0 Å². The van der Waals surface area contributed by atoms with Crippen LogP contribution in [0.15, 0.2) is 24.3 Å². The van der Waals surface area contributed by atoms with Crippen molar-refractivity contribution in [3.63, 3.8) is 0 Å². The number of benzene rings is 1. The van der Waals surface area contributed by atoms with E-state index in [-0.39, 0.29) is 23.7 Å². The average Bonchev–Trinajstić information content (AvgIpc) is 2.67. The molecule has 4 unspecified atom stereocenters. The highest BCUT2D eigenvalue weighted by atomic mass is 16.2. The molecule has 1 amide bonds. The van der Waals surface area contributed by atoms with Gasteiger partial charge in [0.1, 0.15) is 0 Å². The van der Waals surface area contributed by atoms with Crippen molar-refractivity contribution in [2.45, 2.75) is 31.7 Å². The monoisotopic (exact) mass is 281 g/mol. The molecule has 1 N–H and O–H groups in total. The number of nitrogens with one attached hydrogen (secondary N) is 1. The summed E-state index contributed by atoms with van der Waals surface area (Å²) in [6, 6.07) is 7.41. The first-order chi connectivity index (χ1) is 10.2. The van der Waals surface area contributed by atoms with Crippen molar-refractivity contribution in [3.05, 3.63) is 35.4 Å². The molecular weight excluding hydrogens is 262 g/mol. The van der Waals surface area contributed by atoms with E-state index in [0.717, 1.165) is 11.8 Å². The molecule has 0 aromatic heterocycles. The van der Waals surface area contributed by atoms with Gasteiger partial charge in [0, 0.05) is 17.5 Å². The summed E-state index contributed by atoms with van der Waals surface area (Å²) in [6.45, 7) is 0. The van der Waals surface area contributed by atoms with E-state index < -0.39 is 0 Å². The Labute approximate surface area is 124 Å². The molecular formula is C18H19NO2. The van der Waals surface area contributed by atoms with Crippen molar-refractivity contribution in [1.29, 1.82) is 0 Å². The number of hydrogen-bond acceptors (Lipinski definition) is 2. The molecule has 3 aliphatic carbocycles. The highest BCUT2D eigenvalue weighted by molar-refractivity contribution is 6.11. The number of amides is 1. The summed E-state index contributed by atoms with van der Waals surface area (Å²) in [4.78, 5) is 25.6. The Balaban J connectivity index is 1.66. The van der Waals surface area contributed by atoms with E-state index in [1.54, 1.807) is 6.07 Å². The molecule has 1 aromatic rings. The molecule has 3 saturated carbocycles. The minimum Gasteiger partial charge on any atom is -0.348 e. The zero-order valence-corrected chi connectivity index (χ0v) is 11.9. The van der Waals surface area contributed by atoms with Gasteiger partial charge in [-0.25, -0.2) is 0 Å². The molecule has 3 fully saturated rings. The summed E-state index contributed by atoms with van der Waals surface area (Å²) in [5, 5.41) is 3.24. The molecule has 0 saturated heterocycles. The van der Waals surface area contributed by atoms with E-state index in [9.17, 15) is 9.59 Å². The Hall–Kier alpha value is -1.64. The van der Waals surface area contributed by atoms with E-state index in [4.69, 9.17) is 0 Å². The third-order valence-corrected chi connectivity index (χ3v) is 6.48. The Morgan fingerprint density at radius 2 is 1.67 bits per heavy atom. The molecule has 5 rings (SSSR count). The molecule has 3 heteroatoms. The van der Waals surface area contributed by atoms with Gasteiger partial charge in [0.15, 0.2) is 5.78 Å². The van der Waals surface area contributed by atoms with Gasteiger partial charge < -0.3 is 5.32 Å². The lowest BCUT2D eigenvalue weighted by Gasteiger charge is -2.44. The van der Waals surface area contributed by atoms with Crippen molar-refractivity contribution in [2.24, 2.45) is 29.6 Å². The van der Waals surface area contributed by atoms with Gasteiger partial charge in [0.25, 0.3) is 5.91 Å². The summed E-state index contributed by atoms with van der Waals surface area (Å²) in [7, 11) is 0. The maximum atomic E-state index is 13.1. The lowest BCUT2D eigenvalue weighted by atomic mass is 9.62. The molecule has 0 radical (unpaired) electrons. The smallest absolute Gasteiger partial charge is 0.252 e. The third-order valence-electron chi connectivity index (χ3n) is 6.48. The van der Waals surface area contributed by atoms with Crippen molar-refractivity contribution < 1.29 is 9.59 Å². The fraction of sp³-hybridized carbons (Fsp3) is 0.556. The Morgan fingerprint density at radius 1 is 0.905 bits per heavy atom. The van der Waals surface area contributed by atoms with Crippen molar-refractivity contribution in [2.75, 3.05) is 0 Å². The van der Waals surface area contributed by atoms with Crippen LogP contribution in [0.25, 0.3) is 0 Å². The van der Waals surface area contributed by atoms with Gasteiger partial charge in [-0.15, -0.1) is 0 Å². The Kier molecular flexibility index (Phi) is 2.26. The number of ketones is 1. The summed E-state index contributed by atoms with van der Waals surface area (Å²) in [5.41, 5.74) is 1.21. The maximum absolute atomic E-state index is 13.1. The first-order valence-electron chi connectivity index (χ1n) is 8.16. The van der Waals surface area contributed by atoms with Crippen LogP contribution in [0.1, 0.15) is 46.4 Å². The van der Waals surface area contributed by atoms with Crippen molar-refractivity contribution in [1.82, 2.24) is 5.32 Å². The highest BCUT2D eigenvalue weighted by Gasteiger charge is 2.56. The van der Waals surface area contributed by atoms with Crippen LogP contribution in [0.2, 0.25) is 0 Å². The zero-order chi connectivity index (χ0) is 14.1. The molecule has 3 nitrogen and oxygen atoms in total. The molecule has 108 valence electrons. The van der Waals surface area contributed by atoms with E-state index in [1.807, 2.05) is 18.2 Å². The first kappa shape index (κ1) is 12.0. The second-order valence-electron chi connectivity index (χ2n) is 7.43. The second-order valence-corrected chi connectivity index (χ2v) is 7.43. The van der Waals surface area contributed by atoms with Gasteiger partial charge in [0.05, 0.1) is 5.56 Å². The van der Waals surface area contributed by atoms with Gasteiger partial charge in [-0.3, -0.25) is 9.59 Å². The predicted molar refractivity (Wildman–Crippen MR) is 77.9 cm³/mol. The van der Waals surface area contributed by atoms with Gasteiger partial charge in [-0.1, -0.05) is 18.2 Å². The van der Waals surface area contributed by atoms with Crippen LogP contribution in [0.3, 0.4) is 0 Å².